The molecule has 6 rings (SSSR count). The zero-order valence-corrected chi connectivity index (χ0v) is 20.4. The number of ether oxygens (including phenoxy) is 1. The number of fused-ring (bicyclic) bond motifs is 1. The van der Waals surface area contributed by atoms with Crippen molar-refractivity contribution >= 4 is 34.7 Å². The minimum atomic E-state index is -3.29. The number of rotatable bonds is 5. The number of piperazine rings is 1. The summed E-state index contributed by atoms with van der Waals surface area (Å²) in [5, 5.41) is 6.40. The second kappa shape index (κ2) is 10.3. The number of amides is 2. The van der Waals surface area contributed by atoms with Gasteiger partial charge in [0, 0.05) is 50.5 Å². The lowest BCUT2D eigenvalue weighted by Crippen LogP contribution is -2.58. The summed E-state index contributed by atoms with van der Waals surface area (Å²) in [5.74, 6) is -4.85. The second-order valence-electron chi connectivity index (χ2n) is 9.22. The van der Waals surface area contributed by atoms with Crippen LogP contribution in [-0.4, -0.2) is 99.5 Å². The van der Waals surface area contributed by atoms with Crippen LogP contribution in [0, 0.1) is 17.6 Å². The molecule has 0 spiro atoms. The summed E-state index contributed by atoms with van der Waals surface area (Å²) >= 11 is 0. The smallest absolute Gasteiger partial charge is 0.263 e. The van der Waals surface area contributed by atoms with Crippen LogP contribution in [0.5, 0.6) is 0 Å². The first kappa shape index (κ1) is 17.6. The molecule has 3 aromatic rings. The lowest BCUT2D eigenvalue weighted by atomic mass is 9.94. The van der Waals surface area contributed by atoms with Crippen molar-refractivity contribution < 1.29 is 34.1 Å². The normalized spacial score (nSPS) is 27.5. The third-order valence-electron chi connectivity index (χ3n) is 6.75. The topological polar surface area (TPSA) is 134 Å². The highest BCUT2D eigenvalue weighted by Crippen LogP contribution is 2.33. The van der Waals surface area contributed by atoms with Gasteiger partial charge in [0.15, 0.2) is 23.1 Å². The lowest BCUT2D eigenvalue weighted by molar-refractivity contribution is -0.140. The van der Waals surface area contributed by atoms with Gasteiger partial charge < -0.3 is 25.6 Å². The number of piperidine rings is 1. The highest BCUT2D eigenvalue weighted by atomic mass is 19.1. The predicted molar refractivity (Wildman–Crippen MR) is 137 cm³/mol. The molecule has 3 aliphatic rings. The molecule has 0 aliphatic carbocycles. The predicted octanol–water partition coefficient (Wildman–Crippen LogP) is 0.996. The van der Waals surface area contributed by atoms with Crippen LogP contribution < -0.4 is 16.0 Å². The van der Waals surface area contributed by atoms with E-state index >= 15 is 4.39 Å². The number of anilines is 3. The molecule has 0 atom stereocenters. The third-order valence-corrected chi connectivity index (χ3v) is 6.75. The zero-order chi connectivity index (χ0) is 34.3. The van der Waals surface area contributed by atoms with Gasteiger partial charge in [-0.2, -0.15) is 0 Å². The number of carbonyl (C=O) groups is 2. The van der Waals surface area contributed by atoms with Crippen molar-refractivity contribution in [2.75, 3.05) is 68.2 Å². The van der Waals surface area contributed by atoms with E-state index in [1.807, 2.05) is 0 Å². The van der Waals surface area contributed by atoms with Crippen molar-refractivity contribution in [3.8, 4) is 0 Å². The van der Waals surface area contributed by atoms with Crippen molar-refractivity contribution in [3.63, 3.8) is 0 Å². The molecular weight excluding hydrogens is 512 g/mol. The third kappa shape index (κ3) is 4.85. The van der Waals surface area contributed by atoms with E-state index in [1.165, 1.54) is 11.1 Å². The monoisotopic (exact) mass is 549 g/mol. The molecule has 0 bridgehead atoms. The summed E-state index contributed by atoms with van der Waals surface area (Å²) in [6.45, 7) is -13.2. The minimum absolute atomic E-state index is 0.0366. The van der Waals surface area contributed by atoms with Gasteiger partial charge in [0.25, 0.3) is 5.91 Å². The number of nitrogens with zero attached hydrogens (tertiary/aromatic N) is 7. The van der Waals surface area contributed by atoms with E-state index in [0.717, 1.165) is 23.1 Å². The van der Waals surface area contributed by atoms with Crippen LogP contribution in [0.3, 0.4) is 0 Å². The van der Waals surface area contributed by atoms with Gasteiger partial charge >= 0.3 is 0 Å². The van der Waals surface area contributed by atoms with Gasteiger partial charge in [-0.3, -0.25) is 19.5 Å². The van der Waals surface area contributed by atoms with Gasteiger partial charge in [-0.15, -0.1) is 5.10 Å². The molecule has 3 aliphatic heterocycles. The van der Waals surface area contributed by atoms with E-state index in [-0.39, 0.29) is 72.4 Å². The number of hydrogen-bond donors (Lipinski definition) is 2. The zero-order valence-electron chi connectivity index (χ0n) is 28.4. The van der Waals surface area contributed by atoms with E-state index in [9.17, 15) is 14.0 Å². The van der Waals surface area contributed by atoms with E-state index in [2.05, 4.69) is 20.4 Å². The first-order valence-corrected chi connectivity index (χ1v) is 12.1. The SMILES string of the molecule is [2H]C1([2H])N(C(=O)C2CCN(c3c(F)cncc3NC(=O)c3c(N)nn4cc(F)cnc34)CC2)C([2H])([2H])C([2H])([2H])N(C2COC2)C1([2H])[2H]. The largest absolute Gasteiger partial charge is 0.381 e. The Kier molecular flexibility index (Phi) is 4.67. The number of hydrogen-bond acceptors (Lipinski definition) is 9. The Morgan fingerprint density at radius 1 is 1.10 bits per heavy atom. The number of pyridine rings is 1. The maximum Gasteiger partial charge on any atom is 0.263 e. The molecule has 12 nitrogen and oxygen atoms in total. The molecule has 14 heteroatoms. The fourth-order valence-corrected chi connectivity index (χ4v) is 4.63. The van der Waals surface area contributed by atoms with E-state index in [1.54, 1.807) is 0 Å². The van der Waals surface area contributed by atoms with Crippen LogP contribution in [0.25, 0.3) is 5.65 Å². The molecule has 39 heavy (non-hydrogen) atoms. The number of halogens is 2. The number of nitrogens with one attached hydrogen (secondary N) is 1. The summed E-state index contributed by atoms with van der Waals surface area (Å²) in [7, 11) is 0. The molecule has 206 valence electrons. The number of nitrogen functional groups attached to an aromatic ring is 1. The van der Waals surface area contributed by atoms with Crippen molar-refractivity contribution in [1.82, 2.24) is 29.4 Å². The van der Waals surface area contributed by atoms with Crippen molar-refractivity contribution in [1.29, 1.82) is 0 Å². The second-order valence-corrected chi connectivity index (χ2v) is 9.22. The molecule has 0 unspecified atom stereocenters. The van der Waals surface area contributed by atoms with E-state index in [0.29, 0.717) is 4.90 Å². The molecule has 3 aromatic heterocycles. The number of carbonyl (C=O) groups excluding carboxylic acids is 2. The van der Waals surface area contributed by atoms with Gasteiger partial charge in [-0.1, -0.05) is 0 Å². The Balaban J connectivity index is 1.22. The van der Waals surface area contributed by atoms with Gasteiger partial charge in [0.05, 0.1) is 55.2 Å². The molecule has 0 aromatic carbocycles. The van der Waals surface area contributed by atoms with Crippen LogP contribution in [0.1, 0.15) is 34.2 Å². The van der Waals surface area contributed by atoms with E-state index in [4.69, 9.17) is 21.4 Å². The van der Waals surface area contributed by atoms with Crippen molar-refractivity contribution in [2.24, 2.45) is 5.92 Å². The average molecular weight is 550 g/mol. The molecule has 0 radical (unpaired) electrons. The standard InChI is InChI=1S/C25H29F2N9O3/c26-16-9-30-23-20(22(28)32-36(23)12-16)24(37)31-19-11-29-10-18(27)21(19)34-3-1-15(2-4-34)25(38)35-7-5-33(6-8-35)17-13-39-14-17/h9-12,15,17H,1-8,13-14H2,(H2,28,32)(H,31,37)/i5D2,6D2,7D2,8D2. The summed E-state index contributed by atoms with van der Waals surface area (Å²) in [4.78, 5) is 36.7. The highest BCUT2D eigenvalue weighted by Gasteiger charge is 2.34. The van der Waals surface area contributed by atoms with Gasteiger partial charge in [0.2, 0.25) is 5.91 Å². The average Bonchev–Trinajstić information content (AvgIpc) is 3.28. The minimum Gasteiger partial charge on any atom is -0.381 e. The Labute approximate surface area is 234 Å². The van der Waals surface area contributed by atoms with Crippen molar-refractivity contribution in [3.05, 3.63) is 42.0 Å². The molecule has 2 amide bonds. The maximum atomic E-state index is 15.2. The first-order chi connectivity index (χ1) is 21.9. The summed E-state index contributed by atoms with van der Waals surface area (Å²) in [6.07, 6.45) is 3.80. The van der Waals surface area contributed by atoms with Gasteiger partial charge in [-0.25, -0.2) is 18.3 Å². The van der Waals surface area contributed by atoms with Gasteiger partial charge in [-0.05, 0) is 12.8 Å². The number of nitrogens with two attached hydrogens (primary N) is 1. The quantitative estimate of drug-likeness (QED) is 0.478. The van der Waals surface area contributed by atoms with Crippen LogP contribution in [-0.2, 0) is 9.53 Å². The summed E-state index contributed by atoms with van der Waals surface area (Å²) in [5.41, 5.74) is 5.46. The van der Waals surface area contributed by atoms with Crippen LogP contribution >= 0.6 is 0 Å². The van der Waals surface area contributed by atoms with Gasteiger partial charge in [0.1, 0.15) is 11.3 Å². The Bertz CT molecular complexity index is 1720. The fourth-order valence-electron chi connectivity index (χ4n) is 4.63. The molecule has 6 heterocycles. The van der Waals surface area contributed by atoms with Crippen LogP contribution in [0.15, 0.2) is 24.8 Å². The number of aromatic nitrogens is 4. The van der Waals surface area contributed by atoms with Crippen LogP contribution in [0.2, 0.25) is 0 Å². The molecular formula is C25H29F2N9O3. The Morgan fingerprint density at radius 2 is 1.85 bits per heavy atom. The molecule has 3 N–H and O–H groups in total. The van der Waals surface area contributed by atoms with E-state index < -0.39 is 61.4 Å². The lowest BCUT2D eigenvalue weighted by Gasteiger charge is -2.43. The summed E-state index contributed by atoms with van der Waals surface area (Å²) in [6, 6.07) is -0.945. The fraction of sp³-hybridized carbons (Fsp3) is 0.480. The first-order valence-electron chi connectivity index (χ1n) is 16.1. The van der Waals surface area contributed by atoms with Crippen molar-refractivity contribution in [2.45, 2.75) is 18.9 Å². The Hall–Kier alpha value is -3.91. The maximum absolute atomic E-state index is 15.2. The van der Waals surface area contributed by atoms with Crippen LogP contribution in [0.4, 0.5) is 26.0 Å². The molecule has 3 fully saturated rings. The molecule has 0 saturated carbocycles. The molecule has 3 saturated heterocycles. The highest BCUT2D eigenvalue weighted by molar-refractivity contribution is 6.12. The Morgan fingerprint density at radius 3 is 2.54 bits per heavy atom. The summed E-state index contributed by atoms with van der Waals surface area (Å²) < 4.78 is 103.